The van der Waals surface area contributed by atoms with Crippen LogP contribution < -0.4 is 26.0 Å². The van der Waals surface area contributed by atoms with Crippen molar-refractivity contribution in [3.8, 4) is 28.5 Å². The predicted octanol–water partition coefficient (Wildman–Crippen LogP) is 15.3. The van der Waals surface area contributed by atoms with Crippen LogP contribution in [0.3, 0.4) is 0 Å². The number of allylic oxidation sites excluding steroid dienone is 1. The second-order valence-corrected chi connectivity index (χ2v) is 30.7. The molecule has 2 aliphatic heterocycles. The lowest BCUT2D eigenvalue weighted by molar-refractivity contribution is -0.402. The van der Waals surface area contributed by atoms with Gasteiger partial charge in [0, 0.05) is 80.5 Å². The number of nitrogens with one attached hydrogen (secondary N) is 2. The quantitative estimate of drug-likeness (QED) is 0.0200. The Hall–Kier alpha value is -11.6. The molecule has 5 N–H and O–H groups in total. The molecule has 0 bridgehead atoms. The van der Waals surface area contributed by atoms with Crippen molar-refractivity contribution in [3.05, 3.63) is 254 Å². The summed E-state index contributed by atoms with van der Waals surface area (Å²) < 4.78 is 44.3. The van der Waals surface area contributed by atoms with E-state index in [0.29, 0.717) is 67.9 Å². The van der Waals surface area contributed by atoms with Gasteiger partial charge in [0.05, 0.1) is 65.9 Å². The number of ether oxygens (including phenoxy) is 2. The monoisotopic (exact) mass is 1560 g/mol. The van der Waals surface area contributed by atoms with Gasteiger partial charge in [0.2, 0.25) is 11.9 Å². The molecule has 14 rings (SSSR count). The topological polar surface area (TPSA) is 344 Å². The van der Waals surface area contributed by atoms with Crippen LogP contribution in [0.5, 0.6) is 5.75 Å². The van der Waals surface area contributed by atoms with Gasteiger partial charge in [-0.1, -0.05) is 102 Å². The number of benzene rings is 6. The minimum atomic E-state index is -3.22. The first-order valence-electron chi connectivity index (χ1n) is 34.9. The van der Waals surface area contributed by atoms with E-state index >= 15 is 0 Å². The fraction of sp³-hybridized carbons (Fsp3) is 0.241. The van der Waals surface area contributed by atoms with E-state index in [0.717, 1.165) is 79.2 Å². The zero-order valence-corrected chi connectivity index (χ0v) is 63.6. The lowest BCUT2D eigenvalue weighted by atomic mass is 9.99. The molecular formula is C79H77Cl2N15O12S2. The van der Waals surface area contributed by atoms with Gasteiger partial charge in [0.1, 0.15) is 28.9 Å². The minimum Gasteiger partial charge on any atom is -0.486 e. The van der Waals surface area contributed by atoms with E-state index in [1.165, 1.54) is 77.8 Å². The molecule has 566 valence electrons. The van der Waals surface area contributed by atoms with Gasteiger partial charge in [0.25, 0.3) is 0 Å². The maximum atomic E-state index is 13.7. The van der Waals surface area contributed by atoms with Gasteiger partial charge in [-0.2, -0.15) is 10.0 Å². The number of nitrogens with two attached hydrogens (primary N) is 1. The maximum Gasteiger partial charge on any atom is 0.433 e. The van der Waals surface area contributed by atoms with Gasteiger partial charge >= 0.3 is 17.9 Å². The highest BCUT2D eigenvalue weighted by Gasteiger charge is 2.56. The number of pyridine rings is 1. The van der Waals surface area contributed by atoms with Crippen LogP contribution >= 0.6 is 35.0 Å². The van der Waals surface area contributed by atoms with E-state index in [9.17, 15) is 42.9 Å². The van der Waals surface area contributed by atoms with Crippen LogP contribution in [-0.4, -0.2) is 136 Å². The molecule has 0 radical (unpaired) electrons. The number of rotatable bonds is 23. The number of Topliss-reactive ketones (excluding diaryl/α,β-unsaturated/α-hetero) is 1. The van der Waals surface area contributed by atoms with E-state index in [1.807, 2.05) is 108 Å². The molecule has 1 saturated heterocycles. The van der Waals surface area contributed by atoms with Crippen LogP contribution in [0.15, 0.2) is 208 Å². The van der Waals surface area contributed by atoms with Crippen molar-refractivity contribution in [2.75, 3.05) is 41.5 Å². The molecule has 3 aliphatic rings. The Bertz CT molecular complexity index is 5350. The number of hydroxylamine groups is 2. The zero-order valence-electron chi connectivity index (χ0n) is 60.4. The molecule has 1 aliphatic carbocycles. The molecule has 5 amide bonds. The standard InChI is InChI=1S/C28H26Cl2N6O7.C27H28N4O3S2.C24H23N5O2/c1-28(2)25(35(40)26(38)32-20-9-5-18(29)6-10-20)34(21-11-7-19(30)8-12-21)27(39)33(28)17-22(37)16-31-15-3-4-23-13-14-24(43-23)36(41)42;1-19-16-22(11-14-25(19)20-9-12-24(13-10-20)36(2,32)33)34-18-26-29-30-27(35-23-7-3-4-8-23)31(26)21-6-5-15-28-17-21;1-15-12-18-17(22(25)30)8-5-9-21(18)29(15)24-27-20-10-11-31-14-19(20)23(28-24)26-13-16-6-3-2-4-7-16/h3-15,25,40H,16-17H2,1-2H3,(H,32,38);5-6,9-17,23H,3-4,7-8,18H2,1-2H3;2-9,12H,10-11,13-14H2,1H3,(H2,25,30)(H,26,27,28)/b4-3+,31-15?;;. The summed E-state index contributed by atoms with van der Waals surface area (Å²) in [5.74, 6) is 1.76. The summed E-state index contributed by atoms with van der Waals surface area (Å²) >= 11 is 13.7. The van der Waals surface area contributed by atoms with Crippen LogP contribution in [0, 0.1) is 24.0 Å². The molecule has 0 spiro atoms. The minimum absolute atomic E-state index is 0.232. The van der Waals surface area contributed by atoms with Crippen LogP contribution in [-0.2, 0) is 45.5 Å². The lowest BCUT2D eigenvalue weighted by Crippen LogP contribution is -2.58. The first-order valence-corrected chi connectivity index (χ1v) is 38.5. The van der Waals surface area contributed by atoms with Crippen molar-refractivity contribution in [2.45, 2.75) is 107 Å². The maximum absolute atomic E-state index is 13.7. The first-order chi connectivity index (χ1) is 52.9. The Morgan fingerprint density at radius 2 is 1.61 bits per heavy atom. The van der Waals surface area contributed by atoms with E-state index in [2.05, 4.69) is 42.9 Å². The molecule has 5 aromatic heterocycles. The van der Waals surface area contributed by atoms with Gasteiger partial charge in [0.15, 0.2) is 32.8 Å². The number of primary amides is 1. The fourth-order valence-corrected chi connectivity index (χ4v) is 15.1. The van der Waals surface area contributed by atoms with Crippen molar-refractivity contribution in [3.63, 3.8) is 0 Å². The van der Waals surface area contributed by atoms with E-state index in [-0.39, 0.29) is 25.5 Å². The number of furan rings is 1. The van der Waals surface area contributed by atoms with Crippen molar-refractivity contribution in [1.82, 2.24) is 44.2 Å². The second-order valence-electron chi connectivity index (χ2n) is 26.5. The molecule has 1 saturated carbocycles. The Morgan fingerprint density at radius 1 is 0.873 bits per heavy atom. The largest absolute Gasteiger partial charge is 0.486 e. The average molecular weight is 1560 g/mol. The molecule has 2 fully saturated rings. The number of nitrogens with zero attached hydrogens (tertiary/aromatic N) is 12. The SMILES string of the molecule is CC1(C)C(N(O)C(=O)Nc2ccc(Cl)cc2)N(c2ccc(Cl)cc2)C(=O)N1CC(=O)CN=C/C=C/c1ccc([N+](=O)[O-])o1.Cc1cc(OCc2nnc(SC3CCCC3)n2-c2cccnc2)ccc1-c1ccc(S(C)(=O)=O)cc1.Cc1cc2c(C(N)=O)cccc2n1-c1nc2c(c(NCc3ccccc3)n1)COCC2. The highest BCUT2D eigenvalue weighted by atomic mass is 35.5. The number of sulfone groups is 1. The van der Waals surface area contributed by atoms with Crippen molar-refractivity contribution in [1.29, 1.82) is 0 Å². The number of urea groups is 2. The molecule has 6 aromatic carbocycles. The smallest absolute Gasteiger partial charge is 0.433 e. The van der Waals surface area contributed by atoms with Gasteiger partial charge in [-0.3, -0.25) is 48.9 Å². The summed E-state index contributed by atoms with van der Waals surface area (Å²) in [6.07, 6.45) is 13.4. The highest BCUT2D eigenvalue weighted by molar-refractivity contribution is 7.99. The molecule has 11 aromatic rings. The number of amides is 5. The number of ketones is 1. The molecule has 110 heavy (non-hydrogen) atoms. The van der Waals surface area contributed by atoms with Gasteiger partial charge < -0.3 is 35.2 Å². The third-order valence-electron chi connectivity index (χ3n) is 18.4. The summed E-state index contributed by atoms with van der Waals surface area (Å²) in [7, 11) is -3.22. The Labute approximate surface area is 647 Å². The number of fused-ring (bicyclic) bond motifs is 2. The molecule has 7 heterocycles. The molecule has 27 nitrogen and oxygen atoms in total. The first kappa shape index (κ1) is 78.0. The summed E-state index contributed by atoms with van der Waals surface area (Å²) in [5.41, 5.74) is 14.4. The van der Waals surface area contributed by atoms with Crippen molar-refractivity contribution in [2.24, 2.45) is 10.7 Å². The number of thioether (sulfide) groups is 1. The predicted molar refractivity (Wildman–Crippen MR) is 421 cm³/mol. The molecular weight excluding hydrogens is 1490 g/mol. The number of nitro groups is 1. The highest BCUT2D eigenvalue weighted by Crippen LogP contribution is 2.40. The molecule has 31 heteroatoms. The normalized spacial score (nSPS) is 14.8. The number of halogens is 2. The van der Waals surface area contributed by atoms with Crippen molar-refractivity contribution < 1.29 is 51.6 Å². The van der Waals surface area contributed by atoms with E-state index in [1.54, 1.807) is 98.5 Å². The van der Waals surface area contributed by atoms with E-state index in [4.69, 9.17) is 52.8 Å². The average Bonchev–Trinajstić information content (AvgIpc) is 1.58. The van der Waals surface area contributed by atoms with Gasteiger partial charge in [-0.05, 0) is 184 Å². The number of carbonyl (C=O) groups excluding carboxylic acids is 4. The van der Waals surface area contributed by atoms with Gasteiger partial charge in [-0.25, -0.2) is 23.0 Å². The van der Waals surface area contributed by atoms with Crippen LogP contribution in [0.4, 0.5) is 32.7 Å². The second kappa shape index (κ2) is 34.7. The van der Waals surface area contributed by atoms with E-state index < -0.39 is 56.1 Å². The number of aryl methyl sites for hydroxylation is 2. The third kappa shape index (κ3) is 18.6. The van der Waals surface area contributed by atoms with Gasteiger partial charge in [-0.15, -0.1) is 10.2 Å². The zero-order chi connectivity index (χ0) is 77.8. The molecule has 1 unspecified atom stereocenters. The van der Waals surface area contributed by atoms with Crippen molar-refractivity contribution >= 4 is 115 Å². The van der Waals surface area contributed by atoms with Crippen LogP contribution in [0.1, 0.15) is 89.6 Å². The van der Waals surface area contributed by atoms with Crippen LogP contribution in [0.2, 0.25) is 10.0 Å². The number of hydrogen-bond donors (Lipinski definition) is 4. The molecule has 1 atom stereocenters. The third-order valence-corrected chi connectivity index (χ3v) is 21.4. The Balaban J connectivity index is 0.000000155. The summed E-state index contributed by atoms with van der Waals surface area (Å²) in [6, 6.07) is 48.0. The number of anilines is 3. The number of aromatic nitrogens is 7. The van der Waals surface area contributed by atoms with Crippen LogP contribution in [0.25, 0.3) is 39.7 Å². The fourth-order valence-electron chi connectivity index (χ4n) is 12.9. The number of aliphatic imine (C=N–C) groups is 1. The Morgan fingerprint density at radius 3 is 2.29 bits per heavy atom. The number of hydrogen-bond acceptors (Lipinski definition) is 20. The summed E-state index contributed by atoms with van der Waals surface area (Å²) in [6.45, 7) is 8.63. The Kier molecular flexibility index (Phi) is 24.6. The summed E-state index contributed by atoms with van der Waals surface area (Å²) in [4.78, 5) is 82.5. The number of carbonyl (C=O) groups is 4. The lowest BCUT2D eigenvalue weighted by Gasteiger charge is -2.38. The summed E-state index contributed by atoms with van der Waals surface area (Å²) in [5, 5.41) is 40.4.